The van der Waals surface area contributed by atoms with Crippen LogP contribution in [-0.2, 0) is 0 Å². The SMILES string of the molecule is CC(C)(Sc1ccc(Cl)cc1)C(=N)N. The predicted octanol–water partition coefficient (Wildman–Crippen LogP) is 3.15. The molecule has 0 saturated heterocycles. The van der Waals surface area contributed by atoms with Gasteiger partial charge in [-0.3, -0.25) is 5.41 Å². The maximum absolute atomic E-state index is 7.42. The van der Waals surface area contributed by atoms with Crippen LogP contribution in [-0.4, -0.2) is 10.6 Å². The highest BCUT2D eigenvalue weighted by atomic mass is 35.5. The second kappa shape index (κ2) is 4.24. The number of benzene rings is 1. The molecule has 0 unspecified atom stereocenters. The average Bonchev–Trinajstić information content (AvgIpc) is 2.08. The van der Waals surface area contributed by atoms with Crippen LogP contribution in [0.5, 0.6) is 0 Å². The Hall–Kier alpha value is -0.670. The third kappa shape index (κ3) is 2.93. The first-order chi connectivity index (χ1) is 6.42. The molecule has 0 amide bonds. The third-order valence-corrected chi connectivity index (χ3v) is 3.33. The Bertz CT molecular complexity index is 332. The molecule has 0 saturated carbocycles. The van der Waals surface area contributed by atoms with Gasteiger partial charge in [0, 0.05) is 9.92 Å². The van der Waals surface area contributed by atoms with Gasteiger partial charge in [0.2, 0.25) is 0 Å². The first-order valence-corrected chi connectivity index (χ1v) is 5.40. The van der Waals surface area contributed by atoms with Gasteiger partial charge in [0.25, 0.3) is 0 Å². The van der Waals surface area contributed by atoms with Crippen molar-refractivity contribution in [1.29, 1.82) is 5.41 Å². The lowest BCUT2D eigenvalue weighted by Gasteiger charge is -2.22. The van der Waals surface area contributed by atoms with E-state index in [2.05, 4.69) is 0 Å². The second-order valence-corrected chi connectivity index (χ2v) is 5.61. The fraction of sp³-hybridized carbons (Fsp3) is 0.300. The van der Waals surface area contributed by atoms with Crippen LogP contribution in [0.2, 0.25) is 5.02 Å². The van der Waals surface area contributed by atoms with Crippen molar-refractivity contribution < 1.29 is 0 Å². The van der Waals surface area contributed by atoms with Crippen LogP contribution in [0.15, 0.2) is 29.2 Å². The first-order valence-electron chi connectivity index (χ1n) is 4.21. The van der Waals surface area contributed by atoms with Crippen molar-refractivity contribution in [1.82, 2.24) is 0 Å². The zero-order valence-corrected chi connectivity index (χ0v) is 9.75. The molecule has 0 fully saturated rings. The Morgan fingerprint density at radius 2 is 1.86 bits per heavy atom. The van der Waals surface area contributed by atoms with E-state index in [9.17, 15) is 0 Å². The lowest BCUT2D eigenvalue weighted by molar-refractivity contribution is 0.925. The van der Waals surface area contributed by atoms with Crippen LogP contribution < -0.4 is 5.73 Å². The number of amidine groups is 1. The van der Waals surface area contributed by atoms with E-state index >= 15 is 0 Å². The molecule has 1 aromatic carbocycles. The van der Waals surface area contributed by atoms with Crippen LogP contribution >= 0.6 is 23.4 Å². The highest BCUT2D eigenvalue weighted by Gasteiger charge is 2.22. The predicted molar refractivity (Wildman–Crippen MR) is 63.3 cm³/mol. The zero-order valence-electron chi connectivity index (χ0n) is 8.17. The molecule has 0 heterocycles. The maximum Gasteiger partial charge on any atom is 0.107 e. The molecule has 0 bridgehead atoms. The summed E-state index contributed by atoms with van der Waals surface area (Å²) in [4.78, 5) is 1.06. The Labute approximate surface area is 93.3 Å². The minimum Gasteiger partial charge on any atom is -0.386 e. The Kier molecular flexibility index (Phi) is 3.45. The van der Waals surface area contributed by atoms with Crippen molar-refractivity contribution in [3.8, 4) is 0 Å². The molecule has 76 valence electrons. The number of nitrogens with two attached hydrogens (primary N) is 1. The fourth-order valence-corrected chi connectivity index (χ4v) is 1.95. The number of hydrogen-bond acceptors (Lipinski definition) is 2. The van der Waals surface area contributed by atoms with Crippen LogP contribution in [0.3, 0.4) is 0 Å². The standard InChI is InChI=1S/C10H13ClN2S/c1-10(2,9(12)13)14-8-5-3-7(11)4-6-8/h3-6H,1-2H3,(H3,12,13). The summed E-state index contributed by atoms with van der Waals surface area (Å²) in [5, 5.41) is 8.14. The van der Waals surface area contributed by atoms with E-state index in [-0.39, 0.29) is 10.6 Å². The van der Waals surface area contributed by atoms with Gasteiger partial charge in [-0.2, -0.15) is 0 Å². The molecule has 3 N–H and O–H groups in total. The minimum absolute atomic E-state index is 0.178. The van der Waals surface area contributed by atoms with Crippen LogP contribution in [0.25, 0.3) is 0 Å². The maximum atomic E-state index is 7.42. The van der Waals surface area contributed by atoms with Crippen LogP contribution in [0.1, 0.15) is 13.8 Å². The number of hydrogen-bond donors (Lipinski definition) is 2. The molecule has 4 heteroatoms. The number of thioether (sulfide) groups is 1. The third-order valence-electron chi connectivity index (χ3n) is 1.84. The summed E-state index contributed by atoms with van der Waals surface area (Å²) in [6.45, 7) is 3.85. The van der Waals surface area contributed by atoms with E-state index in [1.807, 2.05) is 38.1 Å². The Balaban J connectivity index is 2.79. The lowest BCUT2D eigenvalue weighted by atomic mass is 10.2. The normalized spacial score (nSPS) is 11.4. The zero-order chi connectivity index (χ0) is 10.8. The highest BCUT2D eigenvalue weighted by molar-refractivity contribution is 8.01. The van der Waals surface area contributed by atoms with Crippen molar-refractivity contribution in [3.63, 3.8) is 0 Å². The Morgan fingerprint density at radius 1 is 1.36 bits per heavy atom. The molecule has 0 atom stereocenters. The van der Waals surface area contributed by atoms with Crippen molar-refractivity contribution in [3.05, 3.63) is 29.3 Å². The minimum atomic E-state index is -0.367. The molecule has 14 heavy (non-hydrogen) atoms. The van der Waals surface area contributed by atoms with E-state index in [1.165, 1.54) is 0 Å². The topological polar surface area (TPSA) is 49.9 Å². The Morgan fingerprint density at radius 3 is 2.29 bits per heavy atom. The summed E-state index contributed by atoms with van der Waals surface area (Å²) >= 11 is 7.32. The molecule has 2 nitrogen and oxygen atoms in total. The van der Waals surface area contributed by atoms with E-state index in [0.29, 0.717) is 0 Å². The van der Waals surface area contributed by atoms with Crippen molar-refractivity contribution in [2.45, 2.75) is 23.5 Å². The molecule has 0 aliphatic carbocycles. The summed E-state index contributed by atoms with van der Waals surface area (Å²) < 4.78 is -0.367. The summed E-state index contributed by atoms with van der Waals surface area (Å²) in [7, 11) is 0. The molecule has 0 aromatic heterocycles. The van der Waals surface area contributed by atoms with Gasteiger partial charge in [0.15, 0.2) is 0 Å². The van der Waals surface area contributed by atoms with Gasteiger partial charge in [0.05, 0.1) is 4.75 Å². The number of rotatable bonds is 3. The van der Waals surface area contributed by atoms with Gasteiger partial charge in [0.1, 0.15) is 5.84 Å². The highest BCUT2D eigenvalue weighted by Crippen LogP contribution is 2.32. The van der Waals surface area contributed by atoms with Gasteiger partial charge < -0.3 is 5.73 Å². The number of nitrogens with one attached hydrogen (secondary N) is 1. The van der Waals surface area contributed by atoms with Crippen molar-refractivity contribution in [2.75, 3.05) is 0 Å². The average molecular weight is 229 g/mol. The smallest absolute Gasteiger partial charge is 0.107 e. The molecular formula is C10H13ClN2S. The molecule has 0 aliphatic heterocycles. The van der Waals surface area contributed by atoms with Gasteiger partial charge in [-0.1, -0.05) is 11.6 Å². The molecular weight excluding hydrogens is 216 g/mol. The summed E-state index contributed by atoms with van der Waals surface area (Å²) in [5.41, 5.74) is 5.48. The van der Waals surface area contributed by atoms with Gasteiger partial charge in [-0.05, 0) is 38.1 Å². The van der Waals surface area contributed by atoms with Crippen molar-refractivity contribution >= 4 is 29.2 Å². The molecule has 0 spiro atoms. The lowest BCUT2D eigenvalue weighted by Crippen LogP contribution is -2.33. The number of halogens is 1. The fourth-order valence-electron chi connectivity index (χ4n) is 0.852. The van der Waals surface area contributed by atoms with E-state index in [4.69, 9.17) is 22.7 Å². The van der Waals surface area contributed by atoms with E-state index in [1.54, 1.807) is 11.8 Å². The molecule has 0 aliphatic rings. The monoisotopic (exact) mass is 228 g/mol. The van der Waals surface area contributed by atoms with Crippen molar-refractivity contribution in [2.24, 2.45) is 5.73 Å². The van der Waals surface area contributed by atoms with Gasteiger partial charge in [-0.15, -0.1) is 11.8 Å². The van der Waals surface area contributed by atoms with E-state index in [0.717, 1.165) is 9.92 Å². The van der Waals surface area contributed by atoms with Gasteiger partial charge in [-0.25, -0.2) is 0 Å². The summed E-state index contributed by atoms with van der Waals surface area (Å²) in [5.74, 6) is 0.178. The summed E-state index contributed by atoms with van der Waals surface area (Å²) in [6, 6.07) is 7.52. The van der Waals surface area contributed by atoms with Crippen LogP contribution in [0, 0.1) is 5.41 Å². The first kappa shape index (κ1) is 11.4. The summed E-state index contributed by atoms with van der Waals surface area (Å²) in [6.07, 6.45) is 0. The quantitative estimate of drug-likeness (QED) is 0.474. The van der Waals surface area contributed by atoms with E-state index < -0.39 is 0 Å². The second-order valence-electron chi connectivity index (χ2n) is 3.48. The molecule has 1 aromatic rings. The van der Waals surface area contributed by atoms with Crippen LogP contribution in [0.4, 0.5) is 0 Å². The largest absolute Gasteiger partial charge is 0.386 e. The van der Waals surface area contributed by atoms with Gasteiger partial charge >= 0.3 is 0 Å². The molecule has 1 rings (SSSR count). The molecule has 0 radical (unpaired) electrons.